The van der Waals surface area contributed by atoms with Crippen molar-refractivity contribution < 1.29 is 5.11 Å². The van der Waals surface area contributed by atoms with Gasteiger partial charge in [-0.05, 0) is 35.4 Å². The van der Waals surface area contributed by atoms with Gasteiger partial charge in [0.25, 0.3) is 0 Å². The van der Waals surface area contributed by atoms with Crippen LogP contribution < -0.4 is 0 Å². The van der Waals surface area contributed by atoms with Crippen LogP contribution in [0.15, 0.2) is 36.5 Å². The van der Waals surface area contributed by atoms with Gasteiger partial charge >= 0.3 is 0 Å². The molecule has 1 heterocycles. The third kappa shape index (κ3) is 1.88. The van der Waals surface area contributed by atoms with Crippen LogP contribution in [0.1, 0.15) is 28.5 Å². The van der Waals surface area contributed by atoms with E-state index >= 15 is 0 Å². The highest BCUT2D eigenvalue weighted by Gasteiger charge is 2.22. The van der Waals surface area contributed by atoms with Gasteiger partial charge in [-0.15, -0.1) is 0 Å². The molecule has 1 aromatic carbocycles. The summed E-state index contributed by atoms with van der Waals surface area (Å²) in [5.41, 5.74) is 3.27. The van der Waals surface area contributed by atoms with E-state index < -0.39 is 6.10 Å². The standard InChI is InChI=1S/C14H9BrClNO/c15-12-6-8-2-1-5-17-13(8)14(18)10-4-3-9(16)7-11(10)12/h1-7,14,18H. The van der Waals surface area contributed by atoms with E-state index in [2.05, 4.69) is 20.9 Å². The van der Waals surface area contributed by atoms with E-state index in [0.29, 0.717) is 10.7 Å². The maximum atomic E-state index is 10.4. The number of nitrogens with zero attached hydrogens (tertiary/aromatic N) is 1. The van der Waals surface area contributed by atoms with E-state index in [1.165, 1.54) is 0 Å². The minimum absolute atomic E-state index is 0.644. The lowest BCUT2D eigenvalue weighted by Gasteiger charge is -2.13. The second-order valence-corrected chi connectivity index (χ2v) is 5.40. The first-order valence-electron chi connectivity index (χ1n) is 5.47. The molecule has 0 spiro atoms. The van der Waals surface area contributed by atoms with Crippen LogP contribution in [0.2, 0.25) is 5.02 Å². The zero-order valence-corrected chi connectivity index (χ0v) is 11.6. The molecule has 90 valence electrons. The Bertz CT molecular complexity index is 654. The molecule has 18 heavy (non-hydrogen) atoms. The highest BCUT2D eigenvalue weighted by molar-refractivity contribution is 9.15. The van der Waals surface area contributed by atoms with Gasteiger partial charge < -0.3 is 5.11 Å². The minimum Gasteiger partial charge on any atom is -0.382 e. The van der Waals surface area contributed by atoms with Crippen LogP contribution in [-0.4, -0.2) is 10.1 Å². The molecule has 1 N–H and O–H groups in total. The first kappa shape index (κ1) is 11.9. The molecule has 0 bridgehead atoms. The molecule has 3 rings (SSSR count). The topological polar surface area (TPSA) is 33.1 Å². The number of halogens is 2. The Hall–Kier alpha value is -1.16. The van der Waals surface area contributed by atoms with Crippen molar-refractivity contribution in [1.29, 1.82) is 0 Å². The zero-order chi connectivity index (χ0) is 12.7. The summed E-state index contributed by atoms with van der Waals surface area (Å²) in [4.78, 5) is 4.27. The van der Waals surface area contributed by atoms with Crippen LogP contribution >= 0.6 is 27.5 Å². The third-order valence-electron chi connectivity index (χ3n) is 2.98. The quantitative estimate of drug-likeness (QED) is 0.794. The SMILES string of the molecule is OC1c2ccc(Cl)cc2C(Br)=Cc2cccnc21. The van der Waals surface area contributed by atoms with Crippen molar-refractivity contribution in [3.05, 3.63) is 63.9 Å². The van der Waals surface area contributed by atoms with E-state index in [-0.39, 0.29) is 0 Å². The Morgan fingerprint density at radius 2 is 2.11 bits per heavy atom. The molecule has 0 saturated carbocycles. The summed E-state index contributed by atoms with van der Waals surface area (Å²) >= 11 is 9.54. The molecule has 4 heteroatoms. The van der Waals surface area contributed by atoms with Crippen LogP contribution in [0.5, 0.6) is 0 Å². The normalized spacial score (nSPS) is 17.5. The monoisotopic (exact) mass is 321 g/mol. The van der Waals surface area contributed by atoms with Gasteiger partial charge in [0.15, 0.2) is 0 Å². The molecule has 2 aromatic rings. The third-order valence-corrected chi connectivity index (χ3v) is 3.87. The van der Waals surface area contributed by atoms with E-state index in [1.54, 1.807) is 12.3 Å². The number of hydrogen-bond donors (Lipinski definition) is 1. The fourth-order valence-corrected chi connectivity index (χ4v) is 2.88. The van der Waals surface area contributed by atoms with Crippen molar-refractivity contribution in [2.45, 2.75) is 6.10 Å². The molecule has 1 aliphatic rings. The van der Waals surface area contributed by atoms with Crippen molar-refractivity contribution in [1.82, 2.24) is 4.98 Å². The summed E-state index contributed by atoms with van der Waals surface area (Å²) in [5.74, 6) is 0. The molecule has 1 atom stereocenters. The molecule has 0 aliphatic heterocycles. The number of rotatable bonds is 0. The van der Waals surface area contributed by atoms with Crippen LogP contribution in [0, 0.1) is 0 Å². The Morgan fingerprint density at radius 3 is 2.94 bits per heavy atom. The molecule has 1 aliphatic carbocycles. The number of aliphatic hydroxyl groups is 1. The Kier molecular flexibility index (Phi) is 2.98. The van der Waals surface area contributed by atoms with Gasteiger partial charge in [0.1, 0.15) is 6.10 Å². The fraction of sp³-hybridized carbons (Fsp3) is 0.0714. The molecule has 1 unspecified atom stereocenters. The predicted octanol–water partition coefficient (Wildman–Crippen LogP) is 4.02. The number of aliphatic hydroxyl groups excluding tert-OH is 1. The van der Waals surface area contributed by atoms with Gasteiger partial charge in [0, 0.05) is 21.3 Å². The van der Waals surface area contributed by atoms with Crippen molar-refractivity contribution in [2.24, 2.45) is 0 Å². The van der Waals surface area contributed by atoms with Gasteiger partial charge in [0.2, 0.25) is 0 Å². The lowest BCUT2D eigenvalue weighted by atomic mass is 10.0. The summed E-state index contributed by atoms with van der Waals surface area (Å²) < 4.78 is 0.894. The van der Waals surface area contributed by atoms with E-state index in [0.717, 1.165) is 21.2 Å². The molecule has 0 saturated heterocycles. The molecule has 0 fully saturated rings. The molecular weight excluding hydrogens is 314 g/mol. The van der Waals surface area contributed by atoms with Crippen LogP contribution in [-0.2, 0) is 0 Å². The average molecular weight is 323 g/mol. The number of pyridine rings is 1. The van der Waals surface area contributed by atoms with Crippen LogP contribution in [0.25, 0.3) is 10.6 Å². The second-order valence-electron chi connectivity index (χ2n) is 4.10. The van der Waals surface area contributed by atoms with Crippen molar-refractivity contribution in [3.8, 4) is 0 Å². The van der Waals surface area contributed by atoms with Gasteiger partial charge in [-0.2, -0.15) is 0 Å². The van der Waals surface area contributed by atoms with Gasteiger partial charge in [-0.25, -0.2) is 0 Å². The fourth-order valence-electron chi connectivity index (χ4n) is 2.12. The maximum Gasteiger partial charge on any atom is 0.122 e. The average Bonchev–Trinajstić information content (AvgIpc) is 2.47. The van der Waals surface area contributed by atoms with E-state index in [4.69, 9.17) is 11.6 Å². The lowest BCUT2D eigenvalue weighted by molar-refractivity contribution is 0.215. The molecule has 2 nitrogen and oxygen atoms in total. The Balaban J connectivity index is 2.31. The van der Waals surface area contributed by atoms with Crippen molar-refractivity contribution >= 4 is 38.1 Å². The Labute approximate surface area is 118 Å². The second kappa shape index (κ2) is 4.50. The van der Waals surface area contributed by atoms with Crippen molar-refractivity contribution in [2.75, 3.05) is 0 Å². The largest absolute Gasteiger partial charge is 0.382 e. The number of fused-ring (bicyclic) bond motifs is 2. The predicted molar refractivity (Wildman–Crippen MR) is 76.5 cm³/mol. The summed E-state index contributed by atoms with van der Waals surface area (Å²) in [6.07, 6.45) is 2.90. The van der Waals surface area contributed by atoms with E-state index in [9.17, 15) is 5.11 Å². The minimum atomic E-state index is -0.736. The summed E-state index contributed by atoms with van der Waals surface area (Å²) in [5, 5.41) is 11.1. The Morgan fingerprint density at radius 1 is 1.28 bits per heavy atom. The summed E-state index contributed by atoms with van der Waals surface area (Å²) in [6.45, 7) is 0. The van der Waals surface area contributed by atoms with Crippen LogP contribution in [0.3, 0.4) is 0 Å². The van der Waals surface area contributed by atoms with Gasteiger partial charge in [-0.3, -0.25) is 4.98 Å². The highest BCUT2D eigenvalue weighted by atomic mass is 79.9. The van der Waals surface area contributed by atoms with E-state index in [1.807, 2.05) is 30.3 Å². The van der Waals surface area contributed by atoms with Crippen LogP contribution in [0.4, 0.5) is 0 Å². The smallest absolute Gasteiger partial charge is 0.122 e. The van der Waals surface area contributed by atoms with Gasteiger partial charge in [-0.1, -0.05) is 39.7 Å². The molecule has 0 amide bonds. The first-order valence-corrected chi connectivity index (χ1v) is 6.64. The molecule has 1 aromatic heterocycles. The molecular formula is C14H9BrClNO. The van der Waals surface area contributed by atoms with Crippen molar-refractivity contribution in [3.63, 3.8) is 0 Å². The molecule has 0 radical (unpaired) electrons. The zero-order valence-electron chi connectivity index (χ0n) is 9.27. The first-order chi connectivity index (χ1) is 8.66. The highest BCUT2D eigenvalue weighted by Crippen LogP contribution is 2.38. The van der Waals surface area contributed by atoms with Gasteiger partial charge in [0.05, 0.1) is 5.69 Å². The maximum absolute atomic E-state index is 10.4. The number of aromatic nitrogens is 1. The number of benzene rings is 1. The summed E-state index contributed by atoms with van der Waals surface area (Å²) in [6, 6.07) is 9.23. The lowest BCUT2D eigenvalue weighted by Crippen LogP contribution is -2.04. The number of hydrogen-bond acceptors (Lipinski definition) is 2. The summed E-state index contributed by atoms with van der Waals surface area (Å²) in [7, 11) is 0.